The average Bonchev–Trinajstić information content (AvgIpc) is 3.18. The van der Waals surface area contributed by atoms with Crippen molar-refractivity contribution >= 4 is 17.5 Å². The molecule has 1 amide bonds. The van der Waals surface area contributed by atoms with E-state index in [1.54, 1.807) is 43.3 Å². The third-order valence-corrected chi connectivity index (χ3v) is 4.24. The highest BCUT2D eigenvalue weighted by Gasteiger charge is 2.13. The lowest BCUT2D eigenvalue weighted by Crippen LogP contribution is -2.34. The van der Waals surface area contributed by atoms with Gasteiger partial charge in [0.2, 0.25) is 11.7 Å². The third-order valence-electron chi connectivity index (χ3n) is 3.99. The molecule has 1 heterocycles. The highest BCUT2D eigenvalue weighted by atomic mass is 35.5. The number of benzene rings is 2. The van der Waals surface area contributed by atoms with Gasteiger partial charge in [0.15, 0.2) is 0 Å². The Labute approximate surface area is 167 Å². The first-order valence-corrected chi connectivity index (χ1v) is 8.97. The Kier molecular flexibility index (Phi) is 6.44. The zero-order chi connectivity index (χ0) is 19.9. The molecule has 3 rings (SSSR count). The van der Waals surface area contributed by atoms with Gasteiger partial charge in [0, 0.05) is 17.6 Å². The van der Waals surface area contributed by atoms with E-state index in [2.05, 4.69) is 15.4 Å². The average molecular weight is 402 g/mol. The fraction of sp³-hybridized carbons (Fsp3) is 0.263. The van der Waals surface area contributed by atoms with Crippen LogP contribution >= 0.6 is 11.6 Å². The number of methoxy groups -OCH3 is 1. The van der Waals surface area contributed by atoms with Crippen LogP contribution in [0.3, 0.4) is 0 Å². The molecule has 9 heteroatoms. The molecule has 0 aliphatic carbocycles. The number of rotatable bonds is 8. The van der Waals surface area contributed by atoms with Gasteiger partial charge in [0.25, 0.3) is 0 Å². The Hall–Kier alpha value is -3.13. The number of carbonyl (C=O) groups excluding carboxylic acids is 1. The molecule has 0 spiro atoms. The molecule has 0 saturated heterocycles. The maximum atomic E-state index is 12.3. The van der Waals surface area contributed by atoms with Gasteiger partial charge in [-0.05, 0) is 41.6 Å². The van der Waals surface area contributed by atoms with Gasteiger partial charge in [0.05, 0.1) is 13.7 Å². The first-order valence-electron chi connectivity index (χ1n) is 8.60. The minimum atomic E-state index is -0.144. The van der Waals surface area contributed by atoms with Gasteiger partial charge in [-0.1, -0.05) is 23.7 Å². The summed E-state index contributed by atoms with van der Waals surface area (Å²) in [5.41, 5.74) is 0.766. The standard InChI is InChI=1S/C19H20ClN5O3/c1-24(10-11-28-16-8-6-15(20)7-9-16)18(26)13-25-22-19(21-23-25)14-4-3-5-17(12-14)27-2/h3-9,12H,10-11,13H2,1-2H3. The van der Waals surface area contributed by atoms with Crippen molar-refractivity contribution in [3.63, 3.8) is 0 Å². The van der Waals surface area contributed by atoms with E-state index in [4.69, 9.17) is 21.1 Å². The summed E-state index contributed by atoms with van der Waals surface area (Å²) in [6, 6.07) is 14.4. The molecule has 3 aromatic rings. The Bertz CT molecular complexity index is 929. The van der Waals surface area contributed by atoms with E-state index in [0.717, 1.165) is 5.56 Å². The van der Waals surface area contributed by atoms with Crippen molar-refractivity contribution in [3.8, 4) is 22.9 Å². The van der Waals surface area contributed by atoms with Crippen molar-refractivity contribution in [2.45, 2.75) is 6.54 Å². The number of amides is 1. The smallest absolute Gasteiger partial charge is 0.246 e. The zero-order valence-electron chi connectivity index (χ0n) is 15.6. The lowest BCUT2D eigenvalue weighted by Gasteiger charge is -2.17. The molecule has 0 bridgehead atoms. The van der Waals surface area contributed by atoms with E-state index >= 15 is 0 Å². The highest BCUT2D eigenvalue weighted by molar-refractivity contribution is 6.30. The van der Waals surface area contributed by atoms with Crippen LogP contribution in [-0.2, 0) is 11.3 Å². The Balaban J connectivity index is 1.51. The Morgan fingerprint density at radius 3 is 2.71 bits per heavy atom. The molecule has 8 nitrogen and oxygen atoms in total. The van der Waals surface area contributed by atoms with Crippen LogP contribution in [0.15, 0.2) is 48.5 Å². The quantitative estimate of drug-likeness (QED) is 0.577. The van der Waals surface area contributed by atoms with E-state index in [0.29, 0.717) is 35.5 Å². The number of likely N-dealkylation sites (N-methyl/N-ethyl adjacent to an activating group) is 1. The first kappa shape index (κ1) is 19.6. The summed E-state index contributed by atoms with van der Waals surface area (Å²) in [5, 5.41) is 12.9. The second-order valence-corrected chi connectivity index (χ2v) is 6.43. The van der Waals surface area contributed by atoms with Crippen molar-refractivity contribution in [2.24, 2.45) is 0 Å². The predicted molar refractivity (Wildman–Crippen MR) is 104 cm³/mol. The largest absolute Gasteiger partial charge is 0.497 e. The van der Waals surface area contributed by atoms with Crippen molar-refractivity contribution in [1.82, 2.24) is 25.1 Å². The normalized spacial score (nSPS) is 10.5. The molecule has 0 aliphatic rings. The van der Waals surface area contributed by atoms with E-state index in [1.165, 1.54) is 4.80 Å². The highest BCUT2D eigenvalue weighted by Crippen LogP contribution is 2.19. The molecule has 0 aliphatic heterocycles. The fourth-order valence-corrected chi connectivity index (χ4v) is 2.51. The minimum Gasteiger partial charge on any atom is -0.497 e. The van der Waals surface area contributed by atoms with Gasteiger partial charge < -0.3 is 14.4 Å². The number of nitrogens with zero attached hydrogens (tertiary/aromatic N) is 5. The summed E-state index contributed by atoms with van der Waals surface area (Å²) in [6.45, 7) is 0.789. The van der Waals surface area contributed by atoms with Crippen molar-refractivity contribution in [3.05, 3.63) is 53.6 Å². The number of aromatic nitrogens is 4. The summed E-state index contributed by atoms with van der Waals surface area (Å²) in [6.07, 6.45) is 0. The van der Waals surface area contributed by atoms with E-state index in [9.17, 15) is 4.79 Å². The first-order chi connectivity index (χ1) is 13.5. The van der Waals surface area contributed by atoms with Crippen LogP contribution in [-0.4, -0.2) is 58.3 Å². The van der Waals surface area contributed by atoms with Gasteiger partial charge in [-0.25, -0.2) is 0 Å². The molecule has 1 aromatic heterocycles. The van der Waals surface area contributed by atoms with Crippen LogP contribution in [0.1, 0.15) is 0 Å². The van der Waals surface area contributed by atoms with Gasteiger partial charge in [-0.15, -0.1) is 10.2 Å². The minimum absolute atomic E-state index is 0.00554. The predicted octanol–water partition coefficient (Wildman–Crippen LogP) is 2.54. The molecular formula is C19H20ClN5O3. The molecule has 0 unspecified atom stereocenters. The molecule has 0 atom stereocenters. The van der Waals surface area contributed by atoms with Crippen LogP contribution in [0.5, 0.6) is 11.5 Å². The second kappa shape index (κ2) is 9.18. The lowest BCUT2D eigenvalue weighted by molar-refractivity contribution is -0.131. The number of halogens is 1. The maximum absolute atomic E-state index is 12.3. The van der Waals surface area contributed by atoms with Crippen LogP contribution in [0.25, 0.3) is 11.4 Å². The number of carbonyl (C=O) groups is 1. The van der Waals surface area contributed by atoms with Crippen LogP contribution in [0, 0.1) is 0 Å². The van der Waals surface area contributed by atoms with Crippen LogP contribution < -0.4 is 9.47 Å². The van der Waals surface area contributed by atoms with E-state index in [1.807, 2.05) is 24.3 Å². The molecule has 0 saturated carbocycles. The molecule has 28 heavy (non-hydrogen) atoms. The summed E-state index contributed by atoms with van der Waals surface area (Å²) < 4.78 is 10.8. The molecule has 0 radical (unpaired) electrons. The molecule has 2 aromatic carbocycles. The van der Waals surface area contributed by atoms with Crippen molar-refractivity contribution in [1.29, 1.82) is 0 Å². The SMILES string of the molecule is COc1cccc(-c2nnn(CC(=O)N(C)CCOc3ccc(Cl)cc3)n2)c1. The zero-order valence-corrected chi connectivity index (χ0v) is 16.3. The second-order valence-electron chi connectivity index (χ2n) is 5.99. The summed E-state index contributed by atoms with van der Waals surface area (Å²) in [5.74, 6) is 1.69. The van der Waals surface area contributed by atoms with Crippen molar-refractivity contribution in [2.75, 3.05) is 27.3 Å². The summed E-state index contributed by atoms with van der Waals surface area (Å²) in [7, 11) is 3.29. The van der Waals surface area contributed by atoms with E-state index < -0.39 is 0 Å². The molecule has 0 N–H and O–H groups in total. The van der Waals surface area contributed by atoms with Crippen LogP contribution in [0.4, 0.5) is 0 Å². The van der Waals surface area contributed by atoms with Crippen molar-refractivity contribution < 1.29 is 14.3 Å². The molecule has 0 fully saturated rings. The topological polar surface area (TPSA) is 82.4 Å². The van der Waals surface area contributed by atoms with Gasteiger partial charge in [-0.2, -0.15) is 4.80 Å². The number of hydrogen-bond donors (Lipinski definition) is 0. The monoisotopic (exact) mass is 401 g/mol. The Morgan fingerprint density at radius 2 is 1.96 bits per heavy atom. The van der Waals surface area contributed by atoms with Gasteiger partial charge in [-0.3, -0.25) is 4.79 Å². The van der Waals surface area contributed by atoms with Gasteiger partial charge >= 0.3 is 0 Å². The van der Waals surface area contributed by atoms with Crippen LogP contribution in [0.2, 0.25) is 5.02 Å². The summed E-state index contributed by atoms with van der Waals surface area (Å²) in [4.78, 5) is 15.2. The lowest BCUT2D eigenvalue weighted by atomic mass is 10.2. The number of ether oxygens (including phenoxy) is 2. The van der Waals surface area contributed by atoms with E-state index in [-0.39, 0.29) is 12.5 Å². The fourth-order valence-electron chi connectivity index (χ4n) is 2.39. The number of tetrazole rings is 1. The maximum Gasteiger partial charge on any atom is 0.246 e. The molecule has 146 valence electrons. The van der Waals surface area contributed by atoms with Gasteiger partial charge in [0.1, 0.15) is 24.7 Å². The Morgan fingerprint density at radius 1 is 1.18 bits per heavy atom. The molecular weight excluding hydrogens is 382 g/mol. The third kappa shape index (κ3) is 5.20. The summed E-state index contributed by atoms with van der Waals surface area (Å²) >= 11 is 5.84. The number of hydrogen-bond acceptors (Lipinski definition) is 6.